The Balaban J connectivity index is 1.44. The van der Waals surface area contributed by atoms with Crippen LogP contribution < -0.4 is 10.6 Å². The molecule has 19 heavy (non-hydrogen) atoms. The largest absolute Gasteiger partial charge is 0.370 e. The third kappa shape index (κ3) is 2.92. The summed E-state index contributed by atoms with van der Waals surface area (Å²) in [5.74, 6) is 1.81. The lowest BCUT2D eigenvalue weighted by Gasteiger charge is -2.26. The van der Waals surface area contributed by atoms with Crippen LogP contribution in [-0.2, 0) is 6.54 Å². The van der Waals surface area contributed by atoms with Gasteiger partial charge in [-0.3, -0.25) is 0 Å². The van der Waals surface area contributed by atoms with E-state index in [1.807, 2.05) is 0 Å². The Labute approximate surface area is 115 Å². The molecule has 1 aromatic heterocycles. The second-order valence-corrected chi connectivity index (χ2v) is 6.03. The summed E-state index contributed by atoms with van der Waals surface area (Å²) in [6.45, 7) is 7.60. The molecule has 0 spiro atoms. The standard InChI is InChI=1S/C14H25N5/c1-11-6-14-16-8-12(10-19(14)17-11)7-15-9-13-4-3-5-18(13)2/h6,12-13,15-16H,3-5,7-10H2,1-2H3/t12-,13-/m1/s1. The minimum absolute atomic E-state index is 0.638. The molecule has 0 bridgehead atoms. The number of anilines is 1. The minimum Gasteiger partial charge on any atom is -0.370 e. The highest BCUT2D eigenvalue weighted by molar-refractivity contribution is 5.38. The number of likely N-dealkylation sites (N-methyl/N-ethyl adjacent to an activating group) is 1. The number of hydrogen-bond acceptors (Lipinski definition) is 4. The SMILES string of the molecule is Cc1cc2n(n1)C[C@H](CNC[C@H]1CCCN1C)CN2. The second-order valence-electron chi connectivity index (χ2n) is 6.03. The quantitative estimate of drug-likeness (QED) is 0.848. The molecule has 106 valence electrons. The number of aryl methyl sites for hydroxylation is 1. The molecule has 1 fully saturated rings. The van der Waals surface area contributed by atoms with Crippen molar-refractivity contribution in [1.82, 2.24) is 20.0 Å². The smallest absolute Gasteiger partial charge is 0.124 e. The molecule has 2 atom stereocenters. The molecule has 5 nitrogen and oxygen atoms in total. The average Bonchev–Trinajstić information content (AvgIpc) is 2.94. The Bertz CT molecular complexity index is 427. The highest BCUT2D eigenvalue weighted by Crippen LogP contribution is 2.18. The van der Waals surface area contributed by atoms with Crippen molar-refractivity contribution in [2.75, 3.05) is 38.5 Å². The first-order valence-corrected chi connectivity index (χ1v) is 7.41. The van der Waals surface area contributed by atoms with Gasteiger partial charge in [-0.2, -0.15) is 5.10 Å². The molecular weight excluding hydrogens is 238 g/mol. The predicted octanol–water partition coefficient (Wildman–Crippen LogP) is 0.917. The van der Waals surface area contributed by atoms with Crippen LogP contribution in [0.3, 0.4) is 0 Å². The second kappa shape index (κ2) is 5.51. The molecule has 2 aliphatic heterocycles. The Morgan fingerprint density at radius 2 is 2.37 bits per heavy atom. The Kier molecular flexibility index (Phi) is 3.75. The van der Waals surface area contributed by atoms with Crippen LogP contribution in [-0.4, -0.2) is 53.9 Å². The fourth-order valence-electron chi connectivity index (χ4n) is 3.21. The predicted molar refractivity (Wildman–Crippen MR) is 77.5 cm³/mol. The summed E-state index contributed by atoms with van der Waals surface area (Å²) >= 11 is 0. The first-order chi connectivity index (χ1) is 9.22. The summed E-state index contributed by atoms with van der Waals surface area (Å²) in [6.07, 6.45) is 2.69. The molecule has 0 aliphatic carbocycles. The van der Waals surface area contributed by atoms with Gasteiger partial charge in [0.2, 0.25) is 0 Å². The normalized spacial score (nSPS) is 27.3. The van der Waals surface area contributed by atoms with Gasteiger partial charge < -0.3 is 15.5 Å². The van der Waals surface area contributed by atoms with Gasteiger partial charge in [-0.25, -0.2) is 4.68 Å². The molecular formula is C14H25N5. The lowest BCUT2D eigenvalue weighted by atomic mass is 10.1. The fourth-order valence-corrected chi connectivity index (χ4v) is 3.21. The molecule has 0 radical (unpaired) electrons. The van der Waals surface area contributed by atoms with Crippen LogP contribution in [0.2, 0.25) is 0 Å². The molecule has 1 aromatic rings. The van der Waals surface area contributed by atoms with E-state index in [1.54, 1.807) is 0 Å². The van der Waals surface area contributed by atoms with Crippen molar-refractivity contribution in [3.8, 4) is 0 Å². The van der Waals surface area contributed by atoms with Gasteiger partial charge in [0.1, 0.15) is 5.82 Å². The van der Waals surface area contributed by atoms with Crippen LogP contribution >= 0.6 is 0 Å². The maximum absolute atomic E-state index is 4.52. The minimum atomic E-state index is 0.638. The van der Waals surface area contributed by atoms with Crippen LogP contribution in [0.25, 0.3) is 0 Å². The number of likely N-dealkylation sites (tertiary alicyclic amines) is 1. The zero-order valence-corrected chi connectivity index (χ0v) is 12.0. The molecule has 2 aliphatic rings. The van der Waals surface area contributed by atoms with Crippen molar-refractivity contribution in [3.05, 3.63) is 11.8 Å². The number of aromatic nitrogens is 2. The van der Waals surface area contributed by atoms with E-state index in [0.717, 1.165) is 37.9 Å². The average molecular weight is 263 g/mol. The molecule has 5 heteroatoms. The van der Waals surface area contributed by atoms with Gasteiger partial charge >= 0.3 is 0 Å². The van der Waals surface area contributed by atoms with Gasteiger partial charge in [0, 0.05) is 44.2 Å². The first-order valence-electron chi connectivity index (χ1n) is 7.41. The van der Waals surface area contributed by atoms with Gasteiger partial charge in [-0.1, -0.05) is 0 Å². The van der Waals surface area contributed by atoms with Crippen molar-refractivity contribution < 1.29 is 0 Å². The number of fused-ring (bicyclic) bond motifs is 1. The lowest BCUT2D eigenvalue weighted by molar-refractivity contribution is 0.290. The van der Waals surface area contributed by atoms with Gasteiger partial charge in [-0.05, 0) is 33.4 Å². The fraction of sp³-hybridized carbons (Fsp3) is 0.786. The first kappa shape index (κ1) is 12.9. The summed E-state index contributed by atoms with van der Waals surface area (Å²) in [5, 5.41) is 11.6. The van der Waals surface area contributed by atoms with E-state index in [1.165, 1.54) is 25.2 Å². The van der Waals surface area contributed by atoms with E-state index in [2.05, 4.69) is 45.4 Å². The van der Waals surface area contributed by atoms with Crippen molar-refractivity contribution in [1.29, 1.82) is 0 Å². The highest BCUT2D eigenvalue weighted by Gasteiger charge is 2.22. The Morgan fingerprint density at radius 1 is 1.47 bits per heavy atom. The summed E-state index contributed by atoms with van der Waals surface area (Å²) < 4.78 is 2.10. The van der Waals surface area contributed by atoms with Crippen LogP contribution in [0, 0.1) is 12.8 Å². The summed E-state index contributed by atoms with van der Waals surface area (Å²) in [7, 11) is 2.24. The third-order valence-electron chi connectivity index (χ3n) is 4.39. The van der Waals surface area contributed by atoms with Crippen LogP contribution in [0.4, 0.5) is 5.82 Å². The van der Waals surface area contributed by atoms with Crippen LogP contribution in [0.1, 0.15) is 18.5 Å². The topological polar surface area (TPSA) is 45.1 Å². The molecule has 2 N–H and O–H groups in total. The maximum Gasteiger partial charge on any atom is 0.124 e. The van der Waals surface area contributed by atoms with Crippen molar-refractivity contribution in [2.24, 2.45) is 5.92 Å². The summed E-state index contributed by atoms with van der Waals surface area (Å²) in [6, 6.07) is 2.86. The highest BCUT2D eigenvalue weighted by atomic mass is 15.3. The van der Waals surface area contributed by atoms with Gasteiger partial charge in [-0.15, -0.1) is 0 Å². The maximum atomic E-state index is 4.52. The summed E-state index contributed by atoms with van der Waals surface area (Å²) in [5.41, 5.74) is 1.10. The molecule has 1 saturated heterocycles. The van der Waals surface area contributed by atoms with Gasteiger partial charge in [0.05, 0.1) is 5.69 Å². The molecule has 0 amide bonds. The third-order valence-corrected chi connectivity index (χ3v) is 4.39. The monoisotopic (exact) mass is 263 g/mol. The van der Waals surface area contributed by atoms with E-state index >= 15 is 0 Å². The van der Waals surface area contributed by atoms with Gasteiger partial charge in [0.25, 0.3) is 0 Å². The number of hydrogen-bond donors (Lipinski definition) is 2. The molecule has 0 aromatic carbocycles. The number of nitrogens with zero attached hydrogens (tertiary/aromatic N) is 3. The van der Waals surface area contributed by atoms with Crippen molar-refractivity contribution in [2.45, 2.75) is 32.4 Å². The van der Waals surface area contributed by atoms with Crippen molar-refractivity contribution in [3.63, 3.8) is 0 Å². The molecule has 3 rings (SSSR count). The number of rotatable bonds is 4. The Morgan fingerprint density at radius 3 is 3.16 bits per heavy atom. The van der Waals surface area contributed by atoms with E-state index in [0.29, 0.717) is 5.92 Å². The zero-order valence-electron chi connectivity index (χ0n) is 12.0. The Hall–Kier alpha value is -1.07. The molecule has 3 heterocycles. The lowest BCUT2D eigenvalue weighted by Crippen LogP contribution is -2.40. The molecule has 0 saturated carbocycles. The van der Waals surface area contributed by atoms with Crippen molar-refractivity contribution >= 4 is 5.82 Å². The van der Waals surface area contributed by atoms with Crippen LogP contribution in [0.15, 0.2) is 6.07 Å². The number of nitrogens with one attached hydrogen (secondary N) is 2. The van der Waals surface area contributed by atoms with E-state index < -0.39 is 0 Å². The summed E-state index contributed by atoms with van der Waals surface area (Å²) in [4.78, 5) is 2.47. The molecule has 0 unspecified atom stereocenters. The zero-order chi connectivity index (χ0) is 13.2. The van der Waals surface area contributed by atoms with E-state index in [9.17, 15) is 0 Å². The van der Waals surface area contributed by atoms with Crippen LogP contribution in [0.5, 0.6) is 0 Å². The van der Waals surface area contributed by atoms with E-state index in [4.69, 9.17) is 0 Å². The van der Waals surface area contributed by atoms with E-state index in [-0.39, 0.29) is 0 Å². The van der Waals surface area contributed by atoms with Gasteiger partial charge in [0.15, 0.2) is 0 Å².